The lowest BCUT2D eigenvalue weighted by Crippen LogP contribution is -2.41. The summed E-state index contributed by atoms with van der Waals surface area (Å²) in [5.74, 6) is 0.0525. The zero-order valence-corrected chi connectivity index (χ0v) is 14.0. The van der Waals surface area contributed by atoms with Crippen LogP contribution in [0.4, 0.5) is 0 Å². The summed E-state index contributed by atoms with van der Waals surface area (Å²) in [5, 5.41) is 0. The summed E-state index contributed by atoms with van der Waals surface area (Å²) in [6, 6.07) is 0.182. The van der Waals surface area contributed by atoms with E-state index in [0.717, 1.165) is 38.5 Å². The average Bonchev–Trinajstić information content (AvgIpc) is 2.64. The Hall–Kier alpha value is 0.1000. The first-order chi connectivity index (χ1) is 9.09. The van der Waals surface area contributed by atoms with Gasteiger partial charge in [-0.25, -0.2) is 0 Å². The summed E-state index contributed by atoms with van der Waals surface area (Å²) in [7, 11) is 0. The van der Waals surface area contributed by atoms with Crippen LogP contribution in [-0.2, 0) is 9.59 Å². The zero-order valence-electron chi connectivity index (χ0n) is 10.9. The fraction of sp³-hybridized carbons (Fsp3) is 0.857. The van der Waals surface area contributed by atoms with E-state index < -0.39 is 0 Å². The summed E-state index contributed by atoms with van der Waals surface area (Å²) < 4.78 is 0. The predicted octanol–water partition coefficient (Wildman–Crippen LogP) is 3.24. The van der Waals surface area contributed by atoms with E-state index >= 15 is 0 Å². The molecule has 19 heavy (non-hydrogen) atoms. The Balaban J connectivity index is 1.80. The van der Waals surface area contributed by atoms with E-state index in [-0.39, 0.29) is 29.7 Å². The van der Waals surface area contributed by atoms with Gasteiger partial charge in [-0.15, -0.1) is 0 Å². The molecule has 0 unspecified atom stereocenters. The lowest BCUT2D eigenvalue weighted by molar-refractivity contribution is -0.143. The first-order valence-electron chi connectivity index (χ1n) is 7.24. The SMILES string of the molecule is O=C1[C@H]2C[C@@H](Br)[C@H](Br)C[C@@H]2C(=O)N1C1CCCCC1. The van der Waals surface area contributed by atoms with Gasteiger partial charge < -0.3 is 0 Å². The van der Waals surface area contributed by atoms with Crippen LogP contribution in [-0.4, -0.2) is 32.4 Å². The van der Waals surface area contributed by atoms with Crippen LogP contribution in [0.5, 0.6) is 0 Å². The molecule has 0 bridgehead atoms. The summed E-state index contributed by atoms with van der Waals surface area (Å²) in [6.07, 6.45) is 7.13. The predicted molar refractivity (Wildman–Crippen MR) is 80.4 cm³/mol. The fourth-order valence-electron chi connectivity index (χ4n) is 3.82. The van der Waals surface area contributed by atoms with Crippen LogP contribution in [0.15, 0.2) is 0 Å². The van der Waals surface area contributed by atoms with Gasteiger partial charge in [0.1, 0.15) is 0 Å². The molecule has 0 N–H and O–H groups in total. The molecule has 0 radical (unpaired) electrons. The maximum absolute atomic E-state index is 12.6. The molecule has 3 fully saturated rings. The topological polar surface area (TPSA) is 37.4 Å². The van der Waals surface area contributed by atoms with Crippen LogP contribution in [0.1, 0.15) is 44.9 Å². The first kappa shape index (κ1) is 14.1. The smallest absolute Gasteiger partial charge is 0.233 e. The molecule has 2 aliphatic carbocycles. The molecular weight excluding hydrogens is 374 g/mol. The Kier molecular flexibility index (Phi) is 4.05. The molecule has 3 aliphatic rings. The number of carbonyl (C=O) groups excluding carboxylic acids is 2. The number of halogens is 2. The maximum atomic E-state index is 12.6. The number of imide groups is 1. The monoisotopic (exact) mass is 391 g/mol. The van der Waals surface area contributed by atoms with Crippen molar-refractivity contribution in [2.75, 3.05) is 0 Å². The maximum Gasteiger partial charge on any atom is 0.233 e. The fourth-order valence-corrected chi connectivity index (χ4v) is 5.06. The second-order valence-corrected chi connectivity index (χ2v) is 8.41. The quantitative estimate of drug-likeness (QED) is 0.507. The molecule has 0 aromatic carbocycles. The number of hydrogen-bond donors (Lipinski definition) is 0. The van der Waals surface area contributed by atoms with E-state index in [2.05, 4.69) is 31.9 Å². The third kappa shape index (κ3) is 2.41. The summed E-state index contributed by atoms with van der Waals surface area (Å²) in [4.78, 5) is 27.4. The number of alkyl halides is 2. The number of nitrogens with zero attached hydrogens (tertiary/aromatic N) is 1. The number of amides is 2. The average molecular weight is 393 g/mol. The third-order valence-electron chi connectivity index (χ3n) is 4.89. The van der Waals surface area contributed by atoms with Gasteiger partial charge in [0.2, 0.25) is 11.8 Å². The van der Waals surface area contributed by atoms with Crippen molar-refractivity contribution in [2.24, 2.45) is 11.8 Å². The molecular formula is C14H19Br2NO2. The Morgan fingerprint density at radius 2 is 1.32 bits per heavy atom. The minimum absolute atomic E-state index is 0.0763. The standard InChI is InChI=1S/C14H19Br2NO2/c15-11-6-9-10(7-12(11)16)14(19)17(13(9)18)8-4-2-1-3-5-8/h8-12H,1-7H2/t9-,10-,11+,12+/m0/s1. The van der Waals surface area contributed by atoms with Gasteiger partial charge in [0.25, 0.3) is 0 Å². The van der Waals surface area contributed by atoms with Crippen molar-refractivity contribution in [3.05, 3.63) is 0 Å². The highest BCUT2D eigenvalue weighted by molar-refractivity contribution is 9.12. The van der Waals surface area contributed by atoms with Gasteiger partial charge in [0.05, 0.1) is 11.8 Å². The molecule has 2 saturated carbocycles. The van der Waals surface area contributed by atoms with Gasteiger partial charge in [-0.1, -0.05) is 51.1 Å². The zero-order chi connectivity index (χ0) is 13.6. The Bertz CT molecular complexity index is 367. The Morgan fingerprint density at radius 1 is 0.842 bits per heavy atom. The van der Waals surface area contributed by atoms with Gasteiger partial charge in [-0.2, -0.15) is 0 Å². The minimum Gasteiger partial charge on any atom is -0.279 e. The summed E-state index contributed by atoms with van der Waals surface area (Å²) >= 11 is 7.25. The van der Waals surface area contributed by atoms with Crippen molar-refractivity contribution < 1.29 is 9.59 Å². The largest absolute Gasteiger partial charge is 0.279 e. The van der Waals surface area contributed by atoms with Crippen molar-refractivity contribution >= 4 is 43.7 Å². The summed E-state index contributed by atoms with van der Waals surface area (Å²) in [5.41, 5.74) is 0. The molecule has 3 rings (SSSR count). The number of carbonyl (C=O) groups is 2. The molecule has 1 heterocycles. The highest BCUT2D eigenvalue weighted by Crippen LogP contribution is 2.44. The Morgan fingerprint density at radius 3 is 1.79 bits per heavy atom. The van der Waals surface area contributed by atoms with E-state index in [1.54, 1.807) is 4.90 Å². The highest BCUT2D eigenvalue weighted by Gasteiger charge is 2.53. The molecule has 5 heteroatoms. The van der Waals surface area contributed by atoms with E-state index in [1.807, 2.05) is 0 Å². The molecule has 2 amide bonds. The first-order valence-corrected chi connectivity index (χ1v) is 9.07. The lowest BCUT2D eigenvalue weighted by atomic mass is 9.81. The second kappa shape index (κ2) is 5.47. The van der Waals surface area contributed by atoms with Crippen LogP contribution in [0.25, 0.3) is 0 Å². The van der Waals surface area contributed by atoms with Gasteiger partial charge >= 0.3 is 0 Å². The minimum atomic E-state index is -0.0763. The van der Waals surface area contributed by atoms with Crippen molar-refractivity contribution in [3.8, 4) is 0 Å². The van der Waals surface area contributed by atoms with Crippen molar-refractivity contribution in [1.29, 1.82) is 0 Å². The molecule has 0 aromatic rings. The molecule has 1 saturated heterocycles. The van der Waals surface area contributed by atoms with Gasteiger partial charge in [0, 0.05) is 15.7 Å². The van der Waals surface area contributed by atoms with Crippen LogP contribution in [0, 0.1) is 11.8 Å². The van der Waals surface area contributed by atoms with Gasteiger partial charge in [0.15, 0.2) is 0 Å². The number of fused-ring (bicyclic) bond motifs is 1. The normalized spacial score (nSPS) is 40.6. The van der Waals surface area contributed by atoms with Gasteiger partial charge in [-0.3, -0.25) is 14.5 Å². The lowest BCUT2D eigenvalue weighted by Gasteiger charge is -2.29. The molecule has 1 aliphatic heterocycles. The van der Waals surface area contributed by atoms with E-state index in [9.17, 15) is 9.59 Å². The Labute approximate surface area is 130 Å². The van der Waals surface area contributed by atoms with Crippen molar-refractivity contribution in [3.63, 3.8) is 0 Å². The van der Waals surface area contributed by atoms with E-state index in [4.69, 9.17) is 0 Å². The molecule has 106 valence electrons. The van der Waals surface area contributed by atoms with Gasteiger partial charge in [-0.05, 0) is 25.7 Å². The molecule has 0 spiro atoms. The number of rotatable bonds is 1. The molecule has 3 nitrogen and oxygen atoms in total. The van der Waals surface area contributed by atoms with Crippen LogP contribution in [0.2, 0.25) is 0 Å². The van der Waals surface area contributed by atoms with Crippen molar-refractivity contribution in [1.82, 2.24) is 4.90 Å². The summed E-state index contributed by atoms with van der Waals surface area (Å²) in [6.45, 7) is 0. The van der Waals surface area contributed by atoms with Crippen LogP contribution < -0.4 is 0 Å². The second-order valence-electron chi connectivity index (χ2n) is 6.05. The number of hydrogen-bond acceptors (Lipinski definition) is 2. The highest BCUT2D eigenvalue weighted by atomic mass is 79.9. The third-order valence-corrected chi connectivity index (χ3v) is 7.62. The van der Waals surface area contributed by atoms with E-state index in [1.165, 1.54) is 6.42 Å². The van der Waals surface area contributed by atoms with Crippen molar-refractivity contribution in [2.45, 2.75) is 60.6 Å². The molecule has 4 atom stereocenters. The van der Waals surface area contributed by atoms with E-state index in [0.29, 0.717) is 9.65 Å². The van der Waals surface area contributed by atoms with Crippen LogP contribution in [0.3, 0.4) is 0 Å². The van der Waals surface area contributed by atoms with Crippen LogP contribution >= 0.6 is 31.9 Å². The molecule has 0 aromatic heterocycles. The number of likely N-dealkylation sites (tertiary alicyclic amines) is 1.